The Morgan fingerprint density at radius 3 is 3.14 bits per heavy atom. The summed E-state index contributed by atoms with van der Waals surface area (Å²) in [5.74, 6) is 0.740. The van der Waals surface area contributed by atoms with E-state index in [1.807, 2.05) is 0 Å². The van der Waals surface area contributed by atoms with E-state index in [0.29, 0.717) is 0 Å². The number of nitrogens with one attached hydrogen (secondary N) is 2. The predicted molar refractivity (Wildman–Crippen MR) is 55.9 cm³/mol. The van der Waals surface area contributed by atoms with E-state index in [2.05, 4.69) is 21.6 Å². The number of hydrogen-bond acceptors (Lipinski definition) is 3. The Bertz CT molecular complexity index is 277. The highest BCUT2D eigenvalue weighted by molar-refractivity contribution is 5.17. The maximum absolute atomic E-state index is 5.40. The van der Waals surface area contributed by atoms with Gasteiger partial charge in [-0.05, 0) is 38.4 Å². The molecule has 0 radical (unpaired) electrons. The number of rotatable bonds is 6. The third-order valence-electron chi connectivity index (χ3n) is 2.52. The van der Waals surface area contributed by atoms with Crippen molar-refractivity contribution in [2.45, 2.75) is 31.7 Å². The van der Waals surface area contributed by atoms with Crippen LogP contribution in [-0.4, -0.2) is 23.3 Å². The molecular weight excluding hydrogens is 176 g/mol. The Hall–Kier alpha value is -0.870. The van der Waals surface area contributed by atoms with E-state index in [0.717, 1.165) is 32.0 Å². The molecule has 1 aliphatic carbocycles. The molecule has 0 spiro atoms. The normalized spacial score (nSPS) is 16.1. The van der Waals surface area contributed by atoms with Crippen molar-refractivity contribution in [3.63, 3.8) is 0 Å². The summed E-state index contributed by atoms with van der Waals surface area (Å²) in [5, 5.41) is 10.7. The quantitative estimate of drug-likeness (QED) is 0.585. The first kappa shape index (κ1) is 9.68. The third kappa shape index (κ3) is 2.56. The average molecular weight is 194 g/mol. The van der Waals surface area contributed by atoms with E-state index >= 15 is 0 Å². The van der Waals surface area contributed by atoms with E-state index in [-0.39, 0.29) is 0 Å². The minimum Gasteiger partial charge on any atom is -0.330 e. The second-order valence-electron chi connectivity index (χ2n) is 3.91. The minimum absolute atomic E-state index is 0.740. The van der Waals surface area contributed by atoms with Gasteiger partial charge in [0.05, 0.1) is 5.69 Å². The molecule has 1 saturated carbocycles. The summed E-state index contributed by atoms with van der Waals surface area (Å²) in [5.41, 5.74) is 7.82. The lowest BCUT2D eigenvalue weighted by Gasteiger charge is -1.99. The number of aromatic nitrogens is 2. The van der Waals surface area contributed by atoms with Crippen LogP contribution in [0.25, 0.3) is 0 Å². The minimum atomic E-state index is 0.740. The summed E-state index contributed by atoms with van der Waals surface area (Å²) >= 11 is 0. The topological polar surface area (TPSA) is 66.7 Å². The summed E-state index contributed by atoms with van der Waals surface area (Å²) < 4.78 is 0. The fourth-order valence-electron chi connectivity index (χ4n) is 1.51. The van der Waals surface area contributed by atoms with Crippen molar-refractivity contribution < 1.29 is 0 Å². The maximum atomic E-state index is 5.40. The molecule has 2 rings (SSSR count). The molecule has 78 valence electrons. The van der Waals surface area contributed by atoms with Gasteiger partial charge in [0.15, 0.2) is 0 Å². The predicted octanol–water partition coefficient (Wildman–Crippen LogP) is 0.725. The molecule has 0 atom stereocenters. The van der Waals surface area contributed by atoms with Crippen molar-refractivity contribution in [1.82, 2.24) is 15.5 Å². The van der Waals surface area contributed by atoms with Crippen LogP contribution < -0.4 is 11.1 Å². The molecule has 0 bridgehead atoms. The third-order valence-corrected chi connectivity index (χ3v) is 2.52. The summed E-state index contributed by atoms with van der Waals surface area (Å²) in [6.45, 7) is 2.61. The Labute approximate surface area is 84.3 Å². The lowest BCUT2D eigenvalue weighted by Crippen LogP contribution is -2.17. The molecule has 1 aromatic rings. The van der Waals surface area contributed by atoms with Crippen LogP contribution in [0.3, 0.4) is 0 Å². The molecule has 14 heavy (non-hydrogen) atoms. The lowest BCUT2D eigenvalue weighted by molar-refractivity contribution is 0.645. The molecule has 0 aliphatic heterocycles. The van der Waals surface area contributed by atoms with Crippen LogP contribution in [0.15, 0.2) is 6.07 Å². The van der Waals surface area contributed by atoms with Gasteiger partial charge in [0.2, 0.25) is 0 Å². The number of nitrogens with two attached hydrogens (primary N) is 1. The van der Waals surface area contributed by atoms with Gasteiger partial charge in [-0.2, -0.15) is 5.10 Å². The standard InChI is InChI=1S/C10H18N4/c11-4-1-5-12-7-9-6-10(14-13-9)8-2-3-8/h6,8,12H,1-5,7,11H2,(H,13,14). The van der Waals surface area contributed by atoms with Gasteiger partial charge >= 0.3 is 0 Å². The number of hydrogen-bond donors (Lipinski definition) is 3. The van der Waals surface area contributed by atoms with Crippen LogP contribution >= 0.6 is 0 Å². The number of H-pyrrole nitrogens is 1. The van der Waals surface area contributed by atoms with Crippen LogP contribution in [0.4, 0.5) is 0 Å². The van der Waals surface area contributed by atoms with Gasteiger partial charge in [-0.1, -0.05) is 0 Å². The maximum Gasteiger partial charge on any atom is 0.0656 e. The first-order valence-corrected chi connectivity index (χ1v) is 5.35. The molecule has 0 aromatic carbocycles. The van der Waals surface area contributed by atoms with Gasteiger partial charge in [0.25, 0.3) is 0 Å². The van der Waals surface area contributed by atoms with E-state index in [4.69, 9.17) is 5.73 Å². The highest BCUT2D eigenvalue weighted by atomic mass is 15.1. The summed E-state index contributed by atoms with van der Waals surface area (Å²) in [6, 6.07) is 2.17. The van der Waals surface area contributed by atoms with Crippen LogP contribution in [-0.2, 0) is 6.54 Å². The van der Waals surface area contributed by atoms with Crippen molar-refractivity contribution in [2.24, 2.45) is 5.73 Å². The highest BCUT2D eigenvalue weighted by Gasteiger charge is 2.25. The van der Waals surface area contributed by atoms with Crippen LogP contribution in [0.5, 0.6) is 0 Å². The SMILES string of the molecule is NCCCNCc1cc(C2CC2)n[nH]1. The molecule has 0 amide bonds. The van der Waals surface area contributed by atoms with Gasteiger partial charge in [0.1, 0.15) is 0 Å². The van der Waals surface area contributed by atoms with Gasteiger partial charge in [-0.3, -0.25) is 5.10 Å². The molecule has 0 unspecified atom stereocenters. The number of nitrogens with zero attached hydrogens (tertiary/aromatic N) is 1. The van der Waals surface area contributed by atoms with Crippen LogP contribution in [0.2, 0.25) is 0 Å². The van der Waals surface area contributed by atoms with Gasteiger partial charge in [0, 0.05) is 18.2 Å². The fraction of sp³-hybridized carbons (Fsp3) is 0.700. The van der Waals surface area contributed by atoms with Gasteiger partial charge in [-0.15, -0.1) is 0 Å². The molecule has 1 aliphatic rings. The monoisotopic (exact) mass is 194 g/mol. The van der Waals surface area contributed by atoms with Crippen molar-refractivity contribution in [3.05, 3.63) is 17.5 Å². The highest BCUT2D eigenvalue weighted by Crippen LogP contribution is 2.38. The Morgan fingerprint density at radius 1 is 1.57 bits per heavy atom. The molecule has 1 heterocycles. The number of aromatic amines is 1. The summed E-state index contributed by atoms with van der Waals surface area (Å²) in [6.07, 6.45) is 3.65. The second-order valence-corrected chi connectivity index (χ2v) is 3.91. The zero-order chi connectivity index (χ0) is 9.80. The Balaban J connectivity index is 1.72. The largest absolute Gasteiger partial charge is 0.330 e. The Kier molecular flexibility index (Phi) is 3.16. The van der Waals surface area contributed by atoms with Gasteiger partial charge < -0.3 is 11.1 Å². The van der Waals surface area contributed by atoms with E-state index in [1.54, 1.807) is 0 Å². The smallest absolute Gasteiger partial charge is 0.0656 e. The second kappa shape index (κ2) is 4.57. The molecule has 1 aromatic heterocycles. The van der Waals surface area contributed by atoms with Crippen LogP contribution in [0.1, 0.15) is 36.6 Å². The average Bonchev–Trinajstić information content (AvgIpc) is 2.94. The molecule has 0 saturated heterocycles. The van der Waals surface area contributed by atoms with E-state index < -0.39 is 0 Å². The van der Waals surface area contributed by atoms with Gasteiger partial charge in [-0.25, -0.2) is 0 Å². The lowest BCUT2D eigenvalue weighted by atomic mass is 10.2. The zero-order valence-electron chi connectivity index (χ0n) is 8.42. The first-order chi connectivity index (χ1) is 6.90. The molecular formula is C10H18N4. The van der Waals surface area contributed by atoms with Crippen molar-refractivity contribution in [2.75, 3.05) is 13.1 Å². The van der Waals surface area contributed by atoms with Crippen molar-refractivity contribution in [1.29, 1.82) is 0 Å². The molecule has 1 fully saturated rings. The summed E-state index contributed by atoms with van der Waals surface area (Å²) in [4.78, 5) is 0. The molecule has 4 nitrogen and oxygen atoms in total. The first-order valence-electron chi connectivity index (χ1n) is 5.35. The molecule has 4 N–H and O–H groups in total. The van der Waals surface area contributed by atoms with E-state index in [1.165, 1.54) is 24.2 Å². The summed E-state index contributed by atoms with van der Waals surface area (Å²) in [7, 11) is 0. The fourth-order valence-corrected chi connectivity index (χ4v) is 1.51. The Morgan fingerprint density at radius 2 is 2.43 bits per heavy atom. The van der Waals surface area contributed by atoms with Crippen LogP contribution in [0, 0.1) is 0 Å². The molecule has 4 heteroatoms. The van der Waals surface area contributed by atoms with Crippen molar-refractivity contribution >= 4 is 0 Å². The van der Waals surface area contributed by atoms with Crippen molar-refractivity contribution in [3.8, 4) is 0 Å². The zero-order valence-corrected chi connectivity index (χ0v) is 8.42. The van der Waals surface area contributed by atoms with E-state index in [9.17, 15) is 0 Å².